The molecule has 0 aliphatic heterocycles. The Balaban J connectivity index is 2.82. The highest BCUT2D eigenvalue weighted by Crippen LogP contribution is 2.37. The second-order valence-corrected chi connectivity index (χ2v) is 5.20. The Kier molecular flexibility index (Phi) is 3.55. The van der Waals surface area contributed by atoms with Gasteiger partial charge < -0.3 is 0 Å². The summed E-state index contributed by atoms with van der Waals surface area (Å²) < 4.78 is 123. The van der Waals surface area contributed by atoms with Crippen LogP contribution in [-0.4, -0.2) is 10.2 Å². The summed E-state index contributed by atoms with van der Waals surface area (Å²) in [6, 6.07) is 0. The van der Waals surface area contributed by atoms with Gasteiger partial charge in [0.25, 0.3) is 0 Å². The van der Waals surface area contributed by atoms with E-state index in [4.69, 9.17) is 0 Å². The smallest absolute Gasteiger partial charge is 0.198 e. The van der Waals surface area contributed by atoms with E-state index < -0.39 is 79.1 Å². The molecule has 0 fully saturated rings. The van der Waals surface area contributed by atoms with Crippen LogP contribution < -0.4 is 5.19 Å². The van der Waals surface area contributed by atoms with Gasteiger partial charge in [0.2, 0.25) is 0 Å². The molecule has 0 bridgehead atoms. The average Bonchev–Trinajstić information content (AvgIpc) is 2.55. The first-order valence-electron chi connectivity index (χ1n) is 5.95. The van der Waals surface area contributed by atoms with E-state index >= 15 is 0 Å². The van der Waals surface area contributed by atoms with Crippen LogP contribution >= 0.6 is 0 Å². The number of hydrogen-bond acceptors (Lipinski definition) is 0. The van der Waals surface area contributed by atoms with Gasteiger partial charge in [0.05, 0.1) is 26.4 Å². The Morgan fingerprint density at radius 1 is 0.333 bits per heavy atom. The lowest BCUT2D eigenvalue weighted by Crippen LogP contribution is -2.18. The topological polar surface area (TPSA) is 0 Å². The molecular weight excluding hydrogens is 367 g/mol. The van der Waals surface area contributed by atoms with Crippen molar-refractivity contribution in [2.45, 2.75) is 0 Å². The molecule has 24 heavy (non-hydrogen) atoms. The zero-order valence-electron chi connectivity index (χ0n) is 10.9. The fourth-order valence-corrected chi connectivity index (χ4v) is 2.72. The number of rotatable bonds is 0. The van der Waals surface area contributed by atoms with Gasteiger partial charge >= 0.3 is 0 Å². The summed E-state index contributed by atoms with van der Waals surface area (Å²) in [6.45, 7) is 0. The van der Waals surface area contributed by atoms with Crippen molar-refractivity contribution in [3.05, 3.63) is 52.4 Å². The van der Waals surface area contributed by atoms with Crippen molar-refractivity contribution in [3.8, 4) is 0 Å². The number of fused-ring (bicyclic) bond motifs is 2. The summed E-state index contributed by atoms with van der Waals surface area (Å²) in [4.78, 5) is 0. The van der Waals surface area contributed by atoms with E-state index in [-0.39, 0.29) is 0 Å². The van der Waals surface area contributed by atoms with Crippen LogP contribution in [0.1, 0.15) is 0 Å². The summed E-state index contributed by atoms with van der Waals surface area (Å²) in [5.41, 5.74) is 0. The lowest BCUT2D eigenvalue weighted by molar-refractivity contribution is 0.414. The molecule has 3 aromatic carbocycles. The molecule has 0 N–H and O–H groups in total. The predicted octanol–water partition coefficient (Wildman–Crippen LogP) is 4.04. The fraction of sp³-hybridized carbons (Fsp3) is 0. The Morgan fingerprint density at radius 3 is 1.04 bits per heavy atom. The van der Waals surface area contributed by atoms with Gasteiger partial charge in [0, 0.05) is 5.39 Å². The first-order chi connectivity index (χ1) is 11.1. The van der Waals surface area contributed by atoms with Gasteiger partial charge in [-0.05, 0) is 5.19 Å². The Labute approximate surface area is 129 Å². The molecule has 0 spiro atoms. The van der Waals surface area contributed by atoms with E-state index in [1.54, 1.807) is 0 Å². The van der Waals surface area contributed by atoms with E-state index in [1.165, 1.54) is 0 Å². The number of benzene rings is 3. The van der Waals surface area contributed by atoms with Crippen LogP contribution in [0.4, 0.5) is 39.5 Å². The van der Waals surface area contributed by atoms with Gasteiger partial charge in [-0.3, -0.25) is 0 Å². The third kappa shape index (κ3) is 1.82. The van der Waals surface area contributed by atoms with E-state index in [9.17, 15) is 39.5 Å². The van der Waals surface area contributed by atoms with E-state index in [2.05, 4.69) is 10.2 Å². The maximum Gasteiger partial charge on any atom is 0.198 e. The van der Waals surface area contributed by atoms with Crippen molar-refractivity contribution in [1.29, 1.82) is 0 Å². The first kappa shape index (κ1) is 16.6. The normalized spacial score (nSPS) is 11.8. The van der Waals surface area contributed by atoms with E-state index in [0.29, 0.717) is 0 Å². The van der Waals surface area contributed by atoms with Gasteiger partial charge in [-0.25, -0.2) is 39.5 Å². The van der Waals surface area contributed by atoms with Crippen LogP contribution in [0, 0.1) is 52.4 Å². The number of halogens is 9. The number of hydrogen-bond donors (Lipinski definition) is 0. The molecule has 0 nitrogen and oxygen atoms in total. The minimum absolute atomic E-state index is 1.15. The average molecular weight is 367 g/mol. The van der Waals surface area contributed by atoms with Crippen LogP contribution in [0.5, 0.6) is 0 Å². The van der Waals surface area contributed by atoms with Crippen LogP contribution in [0.2, 0.25) is 0 Å². The molecule has 0 unspecified atom stereocenters. The molecule has 3 rings (SSSR count). The van der Waals surface area contributed by atoms with Crippen molar-refractivity contribution in [2.75, 3.05) is 0 Å². The molecule has 0 amide bonds. The highest BCUT2D eigenvalue weighted by Gasteiger charge is 2.31. The quantitative estimate of drug-likeness (QED) is 0.185. The third-order valence-corrected chi connectivity index (χ3v) is 3.94. The van der Waals surface area contributed by atoms with Gasteiger partial charge in [0.15, 0.2) is 40.7 Å². The molecule has 3 radical (unpaired) electrons. The van der Waals surface area contributed by atoms with Gasteiger partial charge in [0.1, 0.15) is 11.6 Å². The SMILES string of the molecule is Fc1c(F)c(F)c2c(F)c3c([Si])c(F)c(F)c(F)c3c(F)c2c1F. The predicted molar refractivity (Wildman–Crippen MR) is 66.5 cm³/mol. The monoisotopic (exact) mass is 367 g/mol. The molecular formula is C14F9Si. The third-order valence-electron chi connectivity index (χ3n) is 3.47. The molecule has 0 aliphatic carbocycles. The van der Waals surface area contributed by atoms with Crippen LogP contribution in [0.25, 0.3) is 21.5 Å². The molecule has 0 aliphatic rings. The van der Waals surface area contributed by atoms with Crippen molar-refractivity contribution in [2.24, 2.45) is 0 Å². The Morgan fingerprint density at radius 2 is 0.625 bits per heavy atom. The van der Waals surface area contributed by atoms with Crippen molar-refractivity contribution in [3.63, 3.8) is 0 Å². The molecule has 0 saturated heterocycles. The highest BCUT2D eigenvalue weighted by atomic mass is 28.1. The highest BCUT2D eigenvalue weighted by molar-refractivity contribution is 6.39. The van der Waals surface area contributed by atoms with E-state index in [0.717, 1.165) is 0 Å². The zero-order chi connectivity index (χ0) is 18.1. The summed E-state index contributed by atoms with van der Waals surface area (Å²) in [7, 11) is 2.40. The zero-order valence-corrected chi connectivity index (χ0v) is 11.9. The molecule has 0 atom stereocenters. The molecule has 0 saturated carbocycles. The van der Waals surface area contributed by atoms with Crippen molar-refractivity contribution < 1.29 is 39.5 Å². The first-order valence-corrected chi connectivity index (χ1v) is 6.45. The maximum atomic E-state index is 14.4. The molecule has 3 aromatic rings. The minimum atomic E-state index is -2.47. The molecule has 0 heterocycles. The Hall–Kier alpha value is -2.23. The molecule has 0 aromatic heterocycles. The molecule has 10 heteroatoms. The summed E-state index contributed by atoms with van der Waals surface area (Å²) in [5, 5.41) is -7.55. The summed E-state index contributed by atoms with van der Waals surface area (Å²) in [6.07, 6.45) is 0. The standard InChI is InChI=1S/C14F9Si/c15-5-1-2(8(18)11(21)10(20)7(1)17)6(16)4-3(5)9(19)12(22)13(23)14(4)24. The van der Waals surface area contributed by atoms with Crippen LogP contribution in [-0.2, 0) is 0 Å². The molecule has 123 valence electrons. The van der Waals surface area contributed by atoms with Gasteiger partial charge in [-0.1, -0.05) is 0 Å². The second-order valence-electron chi connectivity index (χ2n) is 4.70. The largest absolute Gasteiger partial charge is 0.206 e. The van der Waals surface area contributed by atoms with Gasteiger partial charge in [-0.2, -0.15) is 0 Å². The fourth-order valence-electron chi connectivity index (χ4n) is 2.38. The lowest BCUT2D eigenvalue weighted by Gasteiger charge is -2.14. The summed E-state index contributed by atoms with van der Waals surface area (Å²) in [5.74, 6) is -20.1. The van der Waals surface area contributed by atoms with Crippen molar-refractivity contribution in [1.82, 2.24) is 0 Å². The van der Waals surface area contributed by atoms with Gasteiger partial charge in [-0.15, -0.1) is 0 Å². The van der Waals surface area contributed by atoms with E-state index in [1.807, 2.05) is 0 Å². The summed E-state index contributed by atoms with van der Waals surface area (Å²) >= 11 is 0. The van der Waals surface area contributed by atoms with Crippen LogP contribution in [0.3, 0.4) is 0 Å². The van der Waals surface area contributed by atoms with Crippen LogP contribution in [0.15, 0.2) is 0 Å². The lowest BCUT2D eigenvalue weighted by atomic mass is 9.99. The van der Waals surface area contributed by atoms with Crippen molar-refractivity contribution >= 4 is 37.0 Å². The Bertz CT molecular complexity index is 894. The second kappa shape index (κ2) is 5.13. The maximum absolute atomic E-state index is 14.4. The minimum Gasteiger partial charge on any atom is -0.206 e.